The van der Waals surface area contributed by atoms with Crippen LogP contribution in [0.3, 0.4) is 0 Å². The van der Waals surface area contributed by atoms with Gasteiger partial charge < -0.3 is 5.32 Å². The van der Waals surface area contributed by atoms with Crippen molar-refractivity contribution >= 4 is 11.8 Å². The molecule has 0 amide bonds. The Bertz CT molecular complexity index is 246. The molecule has 0 fully saturated rings. The van der Waals surface area contributed by atoms with Gasteiger partial charge in [0, 0.05) is 22.9 Å². The summed E-state index contributed by atoms with van der Waals surface area (Å²) in [5, 5.41) is 3.74. The Morgan fingerprint density at radius 1 is 1.12 bits per heavy atom. The molecule has 2 atom stereocenters. The quantitative estimate of drug-likeness (QED) is 0.789. The van der Waals surface area contributed by atoms with Crippen LogP contribution in [0, 0.1) is 11.8 Å². The van der Waals surface area contributed by atoms with E-state index in [9.17, 15) is 0 Å². The van der Waals surface area contributed by atoms with E-state index in [1.165, 1.54) is 57.2 Å². The van der Waals surface area contributed by atoms with E-state index in [4.69, 9.17) is 0 Å². The largest absolute Gasteiger partial charge is 0.387 e. The van der Waals surface area contributed by atoms with Gasteiger partial charge in [-0.3, -0.25) is 0 Å². The minimum absolute atomic E-state index is 0.838. The van der Waals surface area contributed by atoms with Crippen LogP contribution in [0.5, 0.6) is 0 Å². The minimum Gasteiger partial charge on any atom is -0.387 e. The van der Waals surface area contributed by atoms with Crippen LogP contribution in [-0.4, -0.2) is 12.3 Å². The summed E-state index contributed by atoms with van der Waals surface area (Å²) >= 11 is 2.16. The molecule has 1 aliphatic carbocycles. The molecule has 0 aromatic rings. The Morgan fingerprint density at radius 3 is 2.59 bits per heavy atom. The highest BCUT2D eigenvalue weighted by Crippen LogP contribution is 2.42. The maximum Gasteiger partial charge on any atom is 0.0238 e. The summed E-state index contributed by atoms with van der Waals surface area (Å²) in [6.45, 7) is 5.84. The van der Waals surface area contributed by atoms with Gasteiger partial charge in [0.05, 0.1) is 0 Å². The van der Waals surface area contributed by atoms with Crippen LogP contribution >= 0.6 is 11.8 Å². The number of thioether (sulfide) groups is 1. The monoisotopic (exact) mass is 253 g/mol. The Hall–Kier alpha value is -0.110. The van der Waals surface area contributed by atoms with Gasteiger partial charge in [0.25, 0.3) is 0 Å². The third-order valence-corrected chi connectivity index (χ3v) is 5.37. The highest BCUT2D eigenvalue weighted by atomic mass is 32.2. The summed E-state index contributed by atoms with van der Waals surface area (Å²) in [6, 6.07) is 0. The zero-order chi connectivity index (χ0) is 12.1. The molecule has 2 heteroatoms. The van der Waals surface area contributed by atoms with E-state index in [0.29, 0.717) is 0 Å². The Morgan fingerprint density at radius 2 is 1.82 bits per heavy atom. The van der Waals surface area contributed by atoms with Crippen molar-refractivity contribution < 1.29 is 0 Å². The molecular weight excluding hydrogens is 226 g/mol. The second-order valence-electron chi connectivity index (χ2n) is 5.46. The predicted molar refractivity (Wildman–Crippen MR) is 78.1 cm³/mol. The van der Waals surface area contributed by atoms with Crippen LogP contribution in [0.1, 0.15) is 58.8 Å². The highest BCUT2D eigenvalue weighted by Gasteiger charge is 2.28. The van der Waals surface area contributed by atoms with Gasteiger partial charge in [0.1, 0.15) is 0 Å². The molecule has 17 heavy (non-hydrogen) atoms. The average Bonchev–Trinajstić information content (AvgIpc) is 2.52. The normalized spacial score (nSPS) is 29.5. The fourth-order valence-electron chi connectivity index (χ4n) is 3.34. The molecular formula is C15H27NS. The van der Waals surface area contributed by atoms with E-state index >= 15 is 0 Å². The summed E-state index contributed by atoms with van der Waals surface area (Å²) in [5.74, 6) is 2.98. The summed E-state index contributed by atoms with van der Waals surface area (Å²) in [5.41, 5.74) is 1.65. The first-order chi connectivity index (χ1) is 8.36. The molecule has 0 aromatic heterocycles. The van der Waals surface area contributed by atoms with Gasteiger partial charge in [-0.2, -0.15) is 0 Å². The zero-order valence-electron chi connectivity index (χ0n) is 11.4. The number of rotatable bonds is 4. The molecule has 1 nitrogen and oxygen atoms in total. The van der Waals surface area contributed by atoms with Crippen molar-refractivity contribution in [1.29, 1.82) is 0 Å². The Balaban J connectivity index is 2.19. The number of allylic oxidation sites excluding steroid dienone is 2. The zero-order valence-corrected chi connectivity index (χ0v) is 12.2. The van der Waals surface area contributed by atoms with Gasteiger partial charge >= 0.3 is 0 Å². The van der Waals surface area contributed by atoms with Gasteiger partial charge in [-0.15, -0.1) is 11.8 Å². The lowest BCUT2D eigenvalue weighted by Crippen LogP contribution is -2.28. The molecule has 0 bridgehead atoms. The standard InChI is InChI=1S/C15H27NS/c1-3-6-12-8-5-9-13(7-4-2)15-14(12)16-10-11-17-15/h12-13,16H,3-11H2,1-2H3. The lowest BCUT2D eigenvalue weighted by atomic mass is 9.95. The molecule has 0 aromatic carbocycles. The predicted octanol–water partition coefficient (Wildman–Crippen LogP) is 4.55. The maximum absolute atomic E-state index is 3.74. The van der Waals surface area contributed by atoms with Crippen LogP contribution in [0.2, 0.25) is 0 Å². The molecule has 1 aliphatic heterocycles. The van der Waals surface area contributed by atoms with Gasteiger partial charge in [0.2, 0.25) is 0 Å². The third-order valence-electron chi connectivity index (χ3n) is 4.10. The van der Waals surface area contributed by atoms with Crippen molar-refractivity contribution in [3.8, 4) is 0 Å². The SMILES string of the molecule is CCCC1CCCC(CCC)C2=C1NCCS2. The summed E-state index contributed by atoms with van der Waals surface area (Å²) in [6.07, 6.45) is 9.72. The molecule has 2 aliphatic rings. The average molecular weight is 253 g/mol. The van der Waals surface area contributed by atoms with E-state index in [1.807, 2.05) is 0 Å². The van der Waals surface area contributed by atoms with Crippen molar-refractivity contribution in [3.05, 3.63) is 10.6 Å². The first kappa shape index (κ1) is 13.3. The van der Waals surface area contributed by atoms with Crippen molar-refractivity contribution in [2.24, 2.45) is 11.8 Å². The van der Waals surface area contributed by atoms with E-state index in [-0.39, 0.29) is 0 Å². The topological polar surface area (TPSA) is 12.0 Å². The van der Waals surface area contributed by atoms with Crippen molar-refractivity contribution in [1.82, 2.24) is 5.32 Å². The summed E-state index contributed by atoms with van der Waals surface area (Å²) in [4.78, 5) is 1.74. The van der Waals surface area contributed by atoms with Crippen molar-refractivity contribution in [3.63, 3.8) is 0 Å². The molecule has 2 unspecified atom stereocenters. The van der Waals surface area contributed by atoms with E-state index in [0.717, 1.165) is 11.8 Å². The smallest absolute Gasteiger partial charge is 0.0238 e. The van der Waals surface area contributed by atoms with E-state index in [2.05, 4.69) is 30.9 Å². The summed E-state index contributed by atoms with van der Waals surface area (Å²) < 4.78 is 0. The fraction of sp³-hybridized carbons (Fsp3) is 0.867. The van der Waals surface area contributed by atoms with Crippen molar-refractivity contribution in [2.75, 3.05) is 12.3 Å². The van der Waals surface area contributed by atoms with Gasteiger partial charge in [-0.1, -0.05) is 33.1 Å². The maximum atomic E-state index is 3.74. The first-order valence-corrected chi connectivity index (χ1v) is 8.46. The number of nitrogens with one attached hydrogen (secondary N) is 1. The molecule has 98 valence electrons. The van der Waals surface area contributed by atoms with Gasteiger partial charge in [-0.05, 0) is 37.5 Å². The van der Waals surface area contributed by atoms with Crippen LogP contribution in [0.4, 0.5) is 0 Å². The van der Waals surface area contributed by atoms with Crippen LogP contribution in [0.15, 0.2) is 10.6 Å². The highest BCUT2D eigenvalue weighted by molar-refractivity contribution is 8.03. The van der Waals surface area contributed by atoms with E-state index in [1.54, 1.807) is 10.6 Å². The second kappa shape index (κ2) is 6.72. The molecule has 0 radical (unpaired) electrons. The third kappa shape index (κ3) is 3.21. The lowest BCUT2D eigenvalue weighted by molar-refractivity contribution is 0.458. The minimum atomic E-state index is 0.838. The summed E-state index contributed by atoms with van der Waals surface area (Å²) in [7, 11) is 0. The Kier molecular flexibility index (Phi) is 5.27. The molecule has 0 saturated carbocycles. The van der Waals surface area contributed by atoms with Gasteiger partial charge in [-0.25, -0.2) is 0 Å². The first-order valence-electron chi connectivity index (χ1n) is 7.47. The fourth-order valence-corrected chi connectivity index (χ4v) is 4.63. The van der Waals surface area contributed by atoms with Crippen LogP contribution in [-0.2, 0) is 0 Å². The second-order valence-corrected chi connectivity index (χ2v) is 6.59. The molecule has 0 saturated heterocycles. The lowest BCUT2D eigenvalue weighted by Gasteiger charge is -2.29. The molecule has 1 heterocycles. The van der Waals surface area contributed by atoms with Crippen LogP contribution in [0.25, 0.3) is 0 Å². The Labute approximate surface area is 111 Å². The number of hydrogen-bond acceptors (Lipinski definition) is 2. The molecule has 2 rings (SSSR count). The van der Waals surface area contributed by atoms with Gasteiger partial charge in [0.15, 0.2) is 0 Å². The number of hydrogen-bond donors (Lipinski definition) is 1. The van der Waals surface area contributed by atoms with E-state index < -0.39 is 0 Å². The van der Waals surface area contributed by atoms with Crippen LogP contribution < -0.4 is 5.32 Å². The molecule has 1 N–H and O–H groups in total. The van der Waals surface area contributed by atoms with Crippen molar-refractivity contribution in [2.45, 2.75) is 58.8 Å². The molecule has 0 spiro atoms.